The molecule has 2 heterocycles. The van der Waals surface area contributed by atoms with Crippen molar-refractivity contribution in [2.75, 3.05) is 32.7 Å². The van der Waals surface area contributed by atoms with Gasteiger partial charge in [-0.05, 0) is 31.7 Å². The molecule has 0 radical (unpaired) electrons. The van der Waals surface area contributed by atoms with Crippen molar-refractivity contribution >= 4 is 0 Å². The van der Waals surface area contributed by atoms with E-state index in [-0.39, 0.29) is 0 Å². The van der Waals surface area contributed by atoms with Crippen LogP contribution >= 0.6 is 0 Å². The van der Waals surface area contributed by atoms with Crippen LogP contribution in [0.3, 0.4) is 0 Å². The first kappa shape index (κ1) is 11.0. The number of nitrogens with one attached hydrogen (secondary N) is 2. The number of rotatable bonds is 1. The van der Waals surface area contributed by atoms with Gasteiger partial charge in [-0.3, -0.25) is 4.90 Å². The van der Waals surface area contributed by atoms with E-state index in [2.05, 4.69) is 15.5 Å². The molecule has 0 spiro atoms. The van der Waals surface area contributed by atoms with Crippen LogP contribution in [0.2, 0.25) is 0 Å². The van der Waals surface area contributed by atoms with Crippen LogP contribution in [0.15, 0.2) is 0 Å². The SMILES string of the molecule is C1CC[C@@H]2NCC[C@H](N3CCNCC3)[C@@H]2C1. The molecule has 0 aromatic heterocycles. The highest BCUT2D eigenvalue weighted by Crippen LogP contribution is 2.33. The third-order valence-corrected chi connectivity index (χ3v) is 4.78. The monoisotopic (exact) mass is 223 g/mol. The van der Waals surface area contributed by atoms with Gasteiger partial charge in [-0.15, -0.1) is 0 Å². The van der Waals surface area contributed by atoms with Gasteiger partial charge in [0.15, 0.2) is 0 Å². The van der Waals surface area contributed by atoms with Gasteiger partial charge in [0.2, 0.25) is 0 Å². The average Bonchev–Trinajstić information content (AvgIpc) is 2.39. The molecule has 1 saturated carbocycles. The zero-order valence-electron chi connectivity index (χ0n) is 10.3. The summed E-state index contributed by atoms with van der Waals surface area (Å²) in [5.74, 6) is 0.945. The van der Waals surface area contributed by atoms with Crippen LogP contribution in [0, 0.1) is 5.92 Å². The van der Waals surface area contributed by atoms with Crippen LogP contribution in [0.4, 0.5) is 0 Å². The number of fused-ring (bicyclic) bond motifs is 1. The summed E-state index contributed by atoms with van der Waals surface area (Å²) >= 11 is 0. The topological polar surface area (TPSA) is 27.3 Å². The van der Waals surface area contributed by atoms with E-state index in [0.717, 1.165) is 18.0 Å². The Balaban J connectivity index is 1.67. The standard InChI is InChI=1S/C13H25N3/c1-2-4-12-11(3-1)13(5-6-15-12)16-9-7-14-8-10-16/h11-15H,1-10H2/t11-,12+,13+/m1/s1. The van der Waals surface area contributed by atoms with Crippen LogP contribution < -0.4 is 10.6 Å². The Bertz CT molecular complexity index is 223. The molecule has 0 amide bonds. The van der Waals surface area contributed by atoms with Crippen molar-refractivity contribution in [1.82, 2.24) is 15.5 Å². The van der Waals surface area contributed by atoms with E-state index >= 15 is 0 Å². The van der Waals surface area contributed by atoms with Gasteiger partial charge in [0.1, 0.15) is 0 Å². The maximum atomic E-state index is 3.75. The lowest BCUT2D eigenvalue weighted by Gasteiger charge is -2.47. The van der Waals surface area contributed by atoms with E-state index in [1.54, 1.807) is 0 Å². The molecule has 3 nitrogen and oxygen atoms in total. The fourth-order valence-electron chi connectivity index (χ4n) is 3.97. The molecule has 1 aliphatic carbocycles. The highest BCUT2D eigenvalue weighted by atomic mass is 15.2. The first-order valence-electron chi connectivity index (χ1n) is 7.13. The second-order valence-corrected chi connectivity index (χ2v) is 5.65. The molecular formula is C13H25N3. The molecule has 3 rings (SSSR count). The third kappa shape index (κ3) is 2.13. The van der Waals surface area contributed by atoms with E-state index in [0.29, 0.717) is 0 Å². The number of hydrogen-bond acceptors (Lipinski definition) is 3. The van der Waals surface area contributed by atoms with Crippen LogP contribution in [0.1, 0.15) is 32.1 Å². The van der Waals surface area contributed by atoms with Gasteiger partial charge in [-0.25, -0.2) is 0 Å². The van der Waals surface area contributed by atoms with E-state index in [4.69, 9.17) is 0 Å². The molecule has 3 fully saturated rings. The summed E-state index contributed by atoms with van der Waals surface area (Å²) in [4.78, 5) is 2.76. The van der Waals surface area contributed by atoms with Gasteiger partial charge in [0.25, 0.3) is 0 Å². The Kier molecular flexibility index (Phi) is 3.46. The van der Waals surface area contributed by atoms with Crippen molar-refractivity contribution in [3.05, 3.63) is 0 Å². The highest BCUT2D eigenvalue weighted by molar-refractivity contribution is 4.95. The smallest absolute Gasteiger partial charge is 0.0151 e. The maximum absolute atomic E-state index is 3.75. The van der Waals surface area contributed by atoms with E-state index in [9.17, 15) is 0 Å². The van der Waals surface area contributed by atoms with E-state index < -0.39 is 0 Å². The van der Waals surface area contributed by atoms with Crippen molar-refractivity contribution < 1.29 is 0 Å². The summed E-state index contributed by atoms with van der Waals surface area (Å²) in [6.07, 6.45) is 7.18. The second-order valence-electron chi connectivity index (χ2n) is 5.65. The largest absolute Gasteiger partial charge is 0.314 e. The fourth-order valence-corrected chi connectivity index (χ4v) is 3.97. The van der Waals surface area contributed by atoms with Crippen molar-refractivity contribution in [3.63, 3.8) is 0 Å². The predicted molar refractivity (Wildman–Crippen MR) is 66.6 cm³/mol. The zero-order valence-corrected chi connectivity index (χ0v) is 10.3. The van der Waals surface area contributed by atoms with Gasteiger partial charge in [-0.2, -0.15) is 0 Å². The first-order valence-corrected chi connectivity index (χ1v) is 7.13. The molecule has 3 heteroatoms. The summed E-state index contributed by atoms with van der Waals surface area (Å²) < 4.78 is 0. The lowest BCUT2D eigenvalue weighted by Crippen LogP contribution is -2.59. The Morgan fingerprint density at radius 1 is 0.875 bits per heavy atom. The Hall–Kier alpha value is -0.120. The Morgan fingerprint density at radius 3 is 2.56 bits per heavy atom. The Morgan fingerprint density at radius 2 is 1.69 bits per heavy atom. The van der Waals surface area contributed by atoms with Crippen LogP contribution in [-0.2, 0) is 0 Å². The molecule has 0 bridgehead atoms. The molecule has 0 unspecified atom stereocenters. The fraction of sp³-hybridized carbons (Fsp3) is 1.00. The maximum Gasteiger partial charge on any atom is 0.0151 e. The third-order valence-electron chi connectivity index (χ3n) is 4.78. The molecular weight excluding hydrogens is 198 g/mol. The second kappa shape index (κ2) is 5.03. The minimum atomic E-state index is 0.836. The molecule has 0 aromatic carbocycles. The molecule has 2 saturated heterocycles. The van der Waals surface area contributed by atoms with Crippen LogP contribution in [0.25, 0.3) is 0 Å². The number of piperazine rings is 1. The molecule has 92 valence electrons. The molecule has 16 heavy (non-hydrogen) atoms. The normalized spacial score (nSPS) is 41.6. The van der Waals surface area contributed by atoms with Gasteiger partial charge in [-0.1, -0.05) is 12.8 Å². The van der Waals surface area contributed by atoms with Gasteiger partial charge < -0.3 is 10.6 Å². The summed E-state index contributed by atoms with van der Waals surface area (Å²) in [7, 11) is 0. The number of piperidine rings is 1. The zero-order chi connectivity index (χ0) is 10.8. The lowest BCUT2D eigenvalue weighted by atomic mass is 9.75. The summed E-state index contributed by atoms with van der Waals surface area (Å²) in [5, 5.41) is 7.22. The van der Waals surface area contributed by atoms with Crippen LogP contribution in [0.5, 0.6) is 0 Å². The summed E-state index contributed by atoms with van der Waals surface area (Å²) in [6, 6.07) is 1.72. The predicted octanol–water partition coefficient (Wildman–Crippen LogP) is 0.812. The quantitative estimate of drug-likeness (QED) is 0.689. The molecule has 3 atom stereocenters. The summed E-state index contributed by atoms with van der Waals surface area (Å²) in [6.45, 7) is 6.18. The first-order chi connectivity index (χ1) is 7.95. The van der Waals surface area contributed by atoms with E-state index in [1.165, 1.54) is 64.8 Å². The van der Waals surface area contributed by atoms with Crippen molar-refractivity contribution in [1.29, 1.82) is 0 Å². The van der Waals surface area contributed by atoms with Gasteiger partial charge in [0.05, 0.1) is 0 Å². The van der Waals surface area contributed by atoms with Crippen molar-refractivity contribution in [3.8, 4) is 0 Å². The van der Waals surface area contributed by atoms with Gasteiger partial charge in [0, 0.05) is 38.3 Å². The van der Waals surface area contributed by atoms with Crippen molar-refractivity contribution in [2.24, 2.45) is 5.92 Å². The van der Waals surface area contributed by atoms with Gasteiger partial charge >= 0.3 is 0 Å². The average molecular weight is 223 g/mol. The number of hydrogen-bond donors (Lipinski definition) is 2. The lowest BCUT2D eigenvalue weighted by molar-refractivity contribution is 0.0545. The molecule has 3 aliphatic rings. The van der Waals surface area contributed by atoms with E-state index in [1.807, 2.05) is 0 Å². The molecule has 0 aromatic rings. The highest BCUT2D eigenvalue weighted by Gasteiger charge is 2.37. The van der Waals surface area contributed by atoms with Crippen molar-refractivity contribution in [2.45, 2.75) is 44.2 Å². The molecule has 2 N–H and O–H groups in total. The van der Waals surface area contributed by atoms with Crippen LogP contribution in [-0.4, -0.2) is 49.7 Å². The summed E-state index contributed by atoms with van der Waals surface area (Å²) in [5.41, 5.74) is 0. The minimum Gasteiger partial charge on any atom is -0.314 e. The number of nitrogens with zero attached hydrogens (tertiary/aromatic N) is 1. The minimum absolute atomic E-state index is 0.836. The molecule has 2 aliphatic heterocycles. The Labute approximate surface area is 99.0 Å².